The molecule has 3 aliphatic heterocycles. The van der Waals surface area contributed by atoms with Crippen molar-refractivity contribution in [3.8, 4) is 0 Å². The molecule has 4 aromatic heterocycles. The molecule has 0 amide bonds. The summed E-state index contributed by atoms with van der Waals surface area (Å²) in [7, 11) is 1.36. The Morgan fingerprint density at radius 2 is 1.90 bits per heavy atom. The van der Waals surface area contributed by atoms with E-state index in [1.807, 2.05) is 0 Å². The molecule has 2 unspecified atom stereocenters. The summed E-state index contributed by atoms with van der Waals surface area (Å²) in [5.41, 5.74) is 9.51. The summed E-state index contributed by atoms with van der Waals surface area (Å²) in [6.45, 7) is -8.46. The van der Waals surface area contributed by atoms with E-state index >= 15 is 4.39 Å². The first-order valence-corrected chi connectivity index (χ1v) is 19.5. The second-order valence-electron chi connectivity index (χ2n) is 11.0. The zero-order chi connectivity index (χ0) is 34.2. The average molecular weight is 752 g/mol. The van der Waals surface area contributed by atoms with Gasteiger partial charge in [-0.2, -0.15) is 9.67 Å². The molecule has 21 nitrogen and oxygen atoms in total. The molecule has 5 N–H and O–H groups in total. The zero-order valence-electron chi connectivity index (χ0n) is 24.8. The third-order valence-corrected chi connectivity index (χ3v) is 11.4. The fourth-order valence-corrected chi connectivity index (χ4v) is 8.85. The van der Waals surface area contributed by atoms with E-state index in [4.69, 9.17) is 43.8 Å². The van der Waals surface area contributed by atoms with Gasteiger partial charge in [0.2, 0.25) is 5.95 Å². The molecule has 4 aromatic rings. The van der Waals surface area contributed by atoms with Crippen molar-refractivity contribution in [2.45, 2.75) is 62.0 Å². The van der Waals surface area contributed by atoms with Crippen molar-refractivity contribution in [2.24, 2.45) is 0 Å². The van der Waals surface area contributed by atoms with Crippen molar-refractivity contribution in [1.82, 2.24) is 44.5 Å². The third-order valence-electron chi connectivity index (χ3n) is 8.22. The minimum Gasteiger partial charge on any atom is -0.382 e. The number of nitrogens with zero attached hydrogens (tertiary/aromatic N) is 8. The van der Waals surface area contributed by atoms with E-state index in [2.05, 4.69) is 59.7 Å². The lowest BCUT2D eigenvalue weighted by molar-refractivity contribution is -0.124. The highest BCUT2D eigenvalue weighted by molar-refractivity contribution is 8.44. The highest BCUT2D eigenvalue weighted by Crippen LogP contribution is 2.62. The fourth-order valence-electron chi connectivity index (χ4n) is 5.88. The number of rotatable bonds is 4. The van der Waals surface area contributed by atoms with Crippen LogP contribution < -0.4 is 17.0 Å². The number of thiol groups is 2. The molecule has 260 valence electrons. The predicted molar refractivity (Wildman–Crippen MR) is 168 cm³/mol. The minimum atomic E-state index is -4.51. The maximum atomic E-state index is 16.0. The second kappa shape index (κ2) is 12.2. The molecule has 7 heterocycles. The molecule has 2 bridgehead atoms. The Balaban J connectivity index is 1.26. The molecule has 0 saturated carbocycles. The SMILES string of the molecule is CC[C@@]12COP(=O)(S)O[C@@H]3[C@@H](F)[C@@H](COP(=O)(S)O[C@H]1[C@@H](OC)[C@H](n1cnc4c(N)ncnc41)O2)O[C@H]3n1nnc2c(=O)[nH]c(N)nc21. The molecular formula is C22H28FN11O10P2S2. The molecule has 0 aliphatic carbocycles. The smallest absolute Gasteiger partial charge is 0.382 e. The van der Waals surface area contributed by atoms with Gasteiger partial charge in [-0.25, -0.2) is 28.5 Å². The number of nitrogen functional groups attached to an aromatic ring is 2. The van der Waals surface area contributed by atoms with Gasteiger partial charge >= 0.3 is 13.6 Å². The van der Waals surface area contributed by atoms with E-state index in [9.17, 15) is 13.9 Å². The minimum absolute atomic E-state index is 0.0927. The maximum Gasteiger partial charge on any atom is 0.386 e. The second-order valence-corrected chi connectivity index (χ2v) is 16.7. The van der Waals surface area contributed by atoms with Gasteiger partial charge in [-0.05, 0) is 6.42 Å². The van der Waals surface area contributed by atoms with Crippen LogP contribution in [0.2, 0.25) is 0 Å². The van der Waals surface area contributed by atoms with Crippen LogP contribution >= 0.6 is 38.1 Å². The van der Waals surface area contributed by atoms with Gasteiger partial charge in [-0.15, -0.1) is 5.10 Å². The van der Waals surface area contributed by atoms with Crippen LogP contribution in [-0.2, 0) is 41.4 Å². The molecule has 0 spiro atoms. The number of alkyl halides is 1. The van der Waals surface area contributed by atoms with Crippen LogP contribution in [0.4, 0.5) is 16.2 Å². The molecule has 3 saturated heterocycles. The Labute approximate surface area is 278 Å². The van der Waals surface area contributed by atoms with Crippen LogP contribution in [0, 0.1) is 0 Å². The summed E-state index contributed by atoms with van der Waals surface area (Å²) in [4.78, 5) is 31.1. The van der Waals surface area contributed by atoms with Crippen LogP contribution in [0.3, 0.4) is 0 Å². The summed E-state index contributed by atoms with van der Waals surface area (Å²) >= 11 is 8.29. The van der Waals surface area contributed by atoms with Gasteiger partial charge in [-0.3, -0.25) is 32.4 Å². The standard InChI is InChI=1S/C22H28FN11O10P2S2/c1-3-22-5-40-46(37,48)43-12-9(23)8(41-20(12)34-17-11(31-32-34)18(35)30-21(25)29-17)4-39-45(36,47)44-14(22)13(38-2)19(42-22)33-7-28-10-15(24)26-6-27-16(10)33/h6-9,12-14,19-20H,3-5H2,1-2H3,(H,36,47)(H,37,48)(H2,24,26,27)(H3,25,29,30,35)/t8-,9+,12-,13-,14+,19-,20-,22-,45?,46?/m1/s1. The molecule has 10 atom stereocenters. The number of aromatic nitrogens is 9. The number of imidazole rings is 1. The van der Waals surface area contributed by atoms with Gasteiger partial charge in [-0.1, -0.05) is 36.6 Å². The number of nitrogens with two attached hydrogens (primary N) is 2. The predicted octanol–water partition coefficient (Wildman–Crippen LogP) is 1.34. The first-order chi connectivity index (χ1) is 22.8. The lowest BCUT2D eigenvalue weighted by atomic mass is 9.93. The van der Waals surface area contributed by atoms with Gasteiger partial charge in [0.05, 0.1) is 19.5 Å². The molecule has 7 rings (SSSR count). The molecule has 0 aromatic carbocycles. The highest BCUT2D eigenvalue weighted by atomic mass is 32.7. The number of hydrogen-bond acceptors (Lipinski definition) is 18. The Hall–Kier alpha value is -2.76. The van der Waals surface area contributed by atoms with E-state index in [-0.39, 0.29) is 40.5 Å². The quantitative estimate of drug-likeness (QED) is 0.145. The van der Waals surface area contributed by atoms with Crippen LogP contribution in [0.1, 0.15) is 25.8 Å². The first kappa shape index (κ1) is 33.7. The number of aromatic amines is 1. The van der Waals surface area contributed by atoms with E-state index in [0.29, 0.717) is 0 Å². The van der Waals surface area contributed by atoms with Crippen molar-refractivity contribution in [3.63, 3.8) is 0 Å². The summed E-state index contributed by atoms with van der Waals surface area (Å²) in [5.74, 6) is -0.171. The van der Waals surface area contributed by atoms with E-state index in [1.54, 1.807) is 6.92 Å². The first-order valence-electron chi connectivity index (χ1n) is 14.1. The number of nitrogens with one attached hydrogen (secondary N) is 1. The van der Waals surface area contributed by atoms with Gasteiger partial charge in [0, 0.05) is 7.11 Å². The van der Waals surface area contributed by atoms with Gasteiger partial charge < -0.3 is 25.7 Å². The average Bonchev–Trinajstić information content (AvgIpc) is 3.79. The molecule has 3 fully saturated rings. The van der Waals surface area contributed by atoms with E-state index in [0.717, 1.165) is 4.68 Å². The maximum absolute atomic E-state index is 16.0. The Morgan fingerprint density at radius 1 is 1.12 bits per heavy atom. The van der Waals surface area contributed by atoms with Gasteiger partial charge in [0.25, 0.3) is 5.56 Å². The van der Waals surface area contributed by atoms with Crippen molar-refractivity contribution < 1.29 is 45.8 Å². The van der Waals surface area contributed by atoms with Crippen LogP contribution in [0.25, 0.3) is 22.3 Å². The van der Waals surface area contributed by atoms with E-state index < -0.39 is 81.0 Å². The summed E-state index contributed by atoms with van der Waals surface area (Å²) in [6, 6.07) is 0. The summed E-state index contributed by atoms with van der Waals surface area (Å²) in [5, 5.41) is 7.63. The number of hydrogen-bond donors (Lipinski definition) is 5. The summed E-state index contributed by atoms with van der Waals surface area (Å²) in [6.07, 6.45) is -7.58. The topological polar surface area (TPSA) is 271 Å². The van der Waals surface area contributed by atoms with Crippen LogP contribution in [0.15, 0.2) is 17.4 Å². The number of H-pyrrole nitrogens is 1. The lowest BCUT2D eigenvalue weighted by Crippen LogP contribution is -2.48. The van der Waals surface area contributed by atoms with E-state index in [1.165, 1.54) is 24.3 Å². The molecular weight excluding hydrogens is 723 g/mol. The van der Waals surface area contributed by atoms with Gasteiger partial charge in [0.1, 0.15) is 41.9 Å². The molecule has 3 aliphatic rings. The Morgan fingerprint density at radius 3 is 2.65 bits per heavy atom. The molecule has 26 heteroatoms. The lowest BCUT2D eigenvalue weighted by Gasteiger charge is -2.35. The highest BCUT2D eigenvalue weighted by Gasteiger charge is 2.60. The van der Waals surface area contributed by atoms with Gasteiger partial charge in [0.15, 0.2) is 41.3 Å². The number of halogens is 1. The number of methoxy groups -OCH3 is 1. The number of anilines is 2. The molecule has 48 heavy (non-hydrogen) atoms. The van der Waals surface area contributed by atoms with Crippen molar-refractivity contribution in [1.29, 1.82) is 0 Å². The van der Waals surface area contributed by atoms with Crippen molar-refractivity contribution in [3.05, 3.63) is 23.0 Å². The van der Waals surface area contributed by atoms with Crippen LogP contribution in [0.5, 0.6) is 0 Å². The zero-order valence-corrected chi connectivity index (χ0v) is 28.4. The fraction of sp³-hybridized carbons (Fsp3) is 0.591. The van der Waals surface area contributed by atoms with Crippen molar-refractivity contribution >= 4 is 72.2 Å². The van der Waals surface area contributed by atoms with Crippen molar-refractivity contribution in [2.75, 3.05) is 31.8 Å². The summed E-state index contributed by atoms with van der Waals surface area (Å²) < 4.78 is 87.1. The number of fused-ring (bicyclic) bond motifs is 5. The Bertz CT molecular complexity index is 2040. The number of ether oxygens (including phenoxy) is 3. The normalized spacial score (nSPS) is 37.6. The Kier molecular flexibility index (Phi) is 8.59. The molecule has 0 radical (unpaired) electrons. The van der Waals surface area contributed by atoms with Crippen LogP contribution in [-0.4, -0.2) is 101 Å². The third kappa shape index (κ3) is 5.71. The largest absolute Gasteiger partial charge is 0.386 e. The monoisotopic (exact) mass is 751 g/mol.